The van der Waals surface area contributed by atoms with Crippen LogP contribution in [0.3, 0.4) is 0 Å². The minimum absolute atomic E-state index is 0.0709. The van der Waals surface area contributed by atoms with Crippen molar-refractivity contribution in [1.29, 1.82) is 0 Å². The van der Waals surface area contributed by atoms with Crippen LogP contribution >= 0.6 is 0 Å². The largest absolute Gasteiger partial charge is 0.455 e. The van der Waals surface area contributed by atoms with Crippen LogP contribution in [0.15, 0.2) is 199 Å². The Morgan fingerprint density at radius 1 is 0.483 bits per heavy atom. The van der Waals surface area contributed by atoms with Crippen LogP contribution in [0.25, 0.3) is 60.9 Å². The van der Waals surface area contributed by atoms with E-state index in [1.54, 1.807) is 0 Å². The first-order valence-corrected chi connectivity index (χ1v) is 20.5. The second kappa shape index (κ2) is 13.4. The van der Waals surface area contributed by atoms with Gasteiger partial charge in [0.05, 0.1) is 6.04 Å². The van der Waals surface area contributed by atoms with Gasteiger partial charge in [-0.1, -0.05) is 179 Å². The van der Waals surface area contributed by atoms with E-state index in [1.165, 1.54) is 88.9 Å². The third-order valence-corrected chi connectivity index (χ3v) is 12.8. The SMILES string of the molecule is CC1C=C(c2ccc3c(c2)C(C)(C)c2ccc4c(oc5ccccc54)c2-3)c2ccccc2C1N(c1ccc(-c2ccccc2)cc1)c1ccc(-c2ccccc2)cc1. The number of hydrogen-bond acceptors (Lipinski definition) is 2. The average Bonchev–Trinajstić information content (AvgIpc) is 3.77. The molecule has 0 spiro atoms. The Kier molecular flexibility index (Phi) is 7.91. The maximum atomic E-state index is 6.60. The molecule has 2 nitrogen and oxygen atoms in total. The standard InChI is InChI=1S/C56H43NO/c1-36-34-49(41-26-31-48-51(35-41)56(2,3)50-33-32-47-45-19-12-13-21-52(45)58-55(47)53(48)50)44-18-10-11-20-46(44)54(36)57(42-27-22-39(23-28-42)37-14-6-4-7-15-37)43-29-24-40(25-30-43)38-16-8-5-9-17-38/h4-36,54H,1-3H3. The quantitative estimate of drug-likeness (QED) is 0.169. The van der Waals surface area contributed by atoms with Gasteiger partial charge in [0, 0.05) is 33.1 Å². The van der Waals surface area contributed by atoms with Gasteiger partial charge < -0.3 is 9.32 Å². The molecule has 0 bridgehead atoms. The smallest absolute Gasteiger partial charge is 0.143 e. The molecular formula is C56H43NO. The van der Waals surface area contributed by atoms with Crippen molar-refractivity contribution in [2.75, 3.05) is 4.90 Å². The summed E-state index contributed by atoms with van der Waals surface area (Å²) in [5.41, 5.74) is 19.3. The number of furan rings is 1. The first-order valence-electron chi connectivity index (χ1n) is 20.5. The molecule has 2 aliphatic carbocycles. The number of hydrogen-bond donors (Lipinski definition) is 0. The third kappa shape index (κ3) is 5.40. The normalized spacial score (nSPS) is 16.4. The van der Waals surface area contributed by atoms with Crippen molar-refractivity contribution in [2.24, 2.45) is 5.92 Å². The summed E-state index contributed by atoms with van der Waals surface area (Å²) in [4.78, 5) is 2.56. The summed E-state index contributed by atoms with van der Waals surface area (Å²) in [5, 5.41) is 2.35. The lowest BCUT2D eigenvalue weighted by atomic mass is 9.76. The van der Waals surface area contributed by atoms with Crippen molar-refractivity contribution < 1.29 is 4.42 Å². The minimum Gasteiger partial charge on any atom is -0.455 e. The predicted octanol–water partition coefficient (Wildman–Crippen LogP) is 15.2. The van der Waals surface area contributed by atoms with Gasteiger partial charge in [-0.3, -0.25) is 0 Å². The zero-order valence-corrected chi connectivity index (χ0v) is 33.0. The highest BCUT2D eigenvalue weighted by molar-refractivity contribution is 6.12. The lowest BCUT2D eigenvalue weighted by Crippen LogP contribution is -2.31. The molecule has 0 N–H and O–H groups in total. The van der Waals surface area contributed by atoms with Gasteiger partial charge in [0.15, 0.2) is 0 Å². The van der Waals surface area contributed by atoms with Gasteiger partial charge in [0.2, 0.25) is 0 Å². The summed E-state index contributed by atoms with van der Waals surface area (Å²) in [7, 11) is 0. The molecule has 2 aliphatic rings. The highest BCUT2D eigenvalue weighted by atomic mass is 16.3. The van der Waals surface area contributed by atoms with E-state index in [0.29, 0.717) is 0 Å². The molecule has 0 aliphatic heterocycles. The van der Waals surface area contributed by atoms with Crippen LogP contribution in [-0.2, 0) is 5.41 Å². The van der Waals surface area contributed by atoms with Crippen LogP contribution in [0, 0.1) is 5.92 Å². The molecule has 2 heteroatoms. The molecule has 2 atom stereocenters. The number of fused-ring (bicyclic) bond motifs is 8. The average molecular weight is 746 g/mol. The Labute approximate surface area is 340 Å². The Hall–Kier alpha value is -6.90. The lowest BCUT2D eigenvalue weighted by Gasteiger charge is -2.41. The van der Waals surface area contributed by atoms with Crippen LogP contribution in [-0.4, -0.2) is 0 Å². The zero-order valence-electron chi connectivity index (χ0n) is 33.0. The van der Waals surface area contributed by atoms with Crippen molar-refractivity contribution >= 4 is 38.9 Å². The van der Waals surface area contributed by atoms with E-state index < -0.39 is 0 Å². The monoisotopic (exact) mass is 745 g/mol. The number of rotatable bonds is 6. The lowest BCUT2D eigenvalue weighted by molar-refractivity contribution is 0.546. The minimum atomic E-state index is -0.175. The Bertz CT molecular complexity index is 2940. The maximum absolute atomic E-state index is 6.60. The summed E-state index contributed by atoms with van der Waals surface area (Å²) < 4.78 is 6.60. The molecule has 0 radical (unpaired) electrons. The fourth-order valence-electron chi connectivity index (χ4n) is 9.88. The van der Waals surface area contributed by atoms with Gasteiger partial charge in [0.1, 0.15) is 11.2 Å². The van der Waals surface area contributed by atoms with E-state index in [-0.39, 0.29) is 17.4 Å². The van der Waals surface area contributed by atoms with Crippen molar-refractivity contribution in [2.45, 2.75) is 32.2 Å². The third-order valence-electron chi connectivity index (χ3n) is 12.8. The molecule has 1 heterocycles. The molecule has 11 rings (SSSR count). The fourth-order valence-corrected chi connectivity index (χ4v) is 9.88. The van der Waals surface area contributed by atoms with E-state index in [1.807, 2.05) is 0 Å². The molecule has 9 aromatic rings. The predicted molar refractivity (Wildman–Crippen MR) is 243 cm³/mol. The molecular weight excluding hydrogens is 703 g/mol. The Morgan fingerprint density at radius 2 is 1.05 bits per heavy atom. The summed E-state index contributed by atoms with van der Waals surface area (Å²) in [6.45, 7) is 7.11. The summed E-state index contributed by atoms with van der Waals surface area (Å²) in [6, 6.07) is 68.8. The second-order valence-electron chi connectivity index (χ2n) is 16.5. The van der Waals surface area contributed by atoms with Crippen LogP contribution in [0.4, 0.5) is 11.4 Å². The molecule has 8 aromatic carbocycles. The van der Waals surface area contributed by atoms with Crippen molar-refractivity contribution in [3.05, 3.63) is 222 Å². The highest BCUT2D eigenvalue weighted by Gasteiger charge is 2.39. The van der Waals surface area contributed by atoms with Crippen LogP contribution in [0.1, 0.15) is 54.6 Å². The summed E-state index contributed by atoms with van der Waals surface area (Å²) >= 11 is 0. The second-order valence-corrected chi connectivity index (χ2v) is 16.5. The molecule has 0 saturated heterocycles. The topological polar surface area (TPSA) is 16.4 Å². The van der Waals surface area contributed by atoms with E-state index in [4.69, 9.17) is 4.42 Å². The van der Waals surface area contributed by atoms with Crippen molar-refractivity contribution in [1.82, 2.24) is 0 Å². The van der Waals surface area contributed by atoms with E-state index in [2.05, 4.69) is 220 Å². The molecule has 58 heavy (non-hydrogen) atoms. The number of benzene rings is 8. The molecule has 0 saturated carbocycles. The first-order chi connectivity index (χ1) is 28.4. The van der Waals surface area contributed by atoms with Gasteiger partial charge in [-0.05, 0) is 104 Å². The molecule has 2 unspecified atom stereocenters. The Morgan fingerprint density at radius 3 is 1.72 bits per heavy atom. The van der Waals surface area contributed by atoms with E-state index >= 15 is 0 Å². The fraction of sp³-hybridized carbons (Fsp3) is 0.107. The van der Waals surface area contributed by atoms with Gasteiger partial charge in [-0.2, -0.15) is 0 Å². The maximum Gasteiger partial charge on any atom is 0.143 e. The van der Waals surface area contributed by atoms with Crippen molar-refractivity contribution in [3.63, 3.8) is 0 Å². The van der Waals surface area contributed by atoms with Crippen LogP contribution in [0.2, 0.25) is 0 Å². The number of nitrogens with zero attached hydrogens (tertiary/aromatic N) is 1. The van der Waals surface area contributed by atoms with Gasteiger partial charge in [-0.15, -0.1) is 0 Å². The van der Waals surface area contributed by atoms with E-state index in [0.717, 1.165) is 11.2 Å². The van der Waals surface area contributed by atoms with Crippen molar-refractivity contribution in [3.8, 4) is 33.4 Å². The van der Waals surface area contributed by atoms with E-state index in [9.17, 15) is 0 Å². The first kappa shape index (κ1) is 34.4. The number of para-hydroxylation sites is 1. The van der Waals surface area contributed by atoms with Gasteiger partial charge in [-0.25, -0.2) is 0 Å². The van der Waals surface area contributed by atoms with Gasteiger partial charge >= 0.3 is 0 Å². The Balaban J connectivity index is 1.02. The van der Waals surface area contributed by atoms with Crippen LogP contribution in [0.5, 0.6) is 0 Å². The molecule has 0 fully saturated rings. The summed E-state index contributed by atoms with van der Waals surface area (Å²) in [6.07, 6.45) is 2.52. The zero-order chi connectivity index (χ0) is 39.0. The molecule has 0 amide bonds. The molecule has 278 valence electrons. The molecule has 1 aromatic heterocycles. The van der Waals surface area contributed by atoms with Gasteiger partial charge in [0.25, 0.3) is 0 Å². The van der Waals surface area contributed by atoms with Crippen LogP contribution < -0.4 is 4.90 Å². The number of anilines is 2. The summed E-state index contributed by atoms with van der Waals surface area (Å²) in [5.74, 6) is 0.195. The highest BCUT2D eigenvalue weighted by Crippen LogP contribution is 2.54.